The first-order chi connectivity index (χ1) is 12.4. The molecule has 0 aliphatic carbocycles. The highest BCUT2D eigenvalue weighted by Gasteiger charge is 2.12. The molecule has 1 N–H and O–H groups in total. The van der Waals surface area contributed by atoms with E-state index in [0.717, 1.165) is 27.8 Å². The SMILES string of the molecule is CC(=O)Nc1ccc(C=c2sc3nc4cc(C)c(C)cc4n3c2=O)cc1. The van der Waals surface area contributed by atoms with Crippen molar-refractivity contribution in [2.45, 2.75) is 20.8 Å². The van der Waals surface area contributed by atoms with E-state index in [4.69, 9.17) is 0 Å². The van der Waals surface area contributed by atoms with Gasteiger partial charge in [0.25, 0.3) is 5.56 Å². The predicted molar refractivity (Wildman–Crippen MR) is 106 cm³/mol. The zero-order chi connectivity index (χ0) is 18.4. The van der Waals surface area contributed by atoms with Crippen LogP contribution in [0.2, 0.25) is 0 Å². The van der Waals surface area contributed by atoms with E-state index in [0.29, 0.717) is 9.49 Å². The first-order valence-electron chi connectivity index (χ1n) is 8.24. The van der Waals surface area contributed by atoms with Crippen molar-refractivity contribution in [3.8, 4) is 0 Å². The molecule has 130 valence electrons. The quantitative estimate of drug-likeness (QED) is 0.595. The Morgan fingerprint density at radius 2 is 1.85 bits per heavy atom. The molecule has 0 aliphatic heterocycles. The Kier molecular flexibility index (Phi) is 3.85. The third-order valence-corrected chi connectivity index (χ3v) is 5.35. The number of hydrogen-bond acceptors (Lipinski definition) is 4. The third kappa shape index (κ3) is 2.78. The number of thiazole rings is 1. The lowest BCUT2D eigenvalue weighted by Crippen LogP contribution is -2.22. The average molecular weight is 363 g/mol. The fourth-order valence-corrected chi connectivity index (χ4v) is 3.92. The molecule has 2 aromatic heterocycles. The number of rotatable bonds is 2. The van der Waals surface area contributed by atoms with Gasteiger partial charge in [0.2, 0.25) is 5.91 Å². The summed E-state index contributed by atoms with van der Waals surface area (Å²) in [6, 6.07) is 11.4. The Labute approximate surface area is 153 Å². The lowest BCUT2D eigenvalue weighted by molar-refractivity contribution is -0.114. The van der Waals surface area contributed by atoms with Crippen molar-refractivity contribution in [2.75, 3.05) is 5.32 Å². The van der Waals surface area contributed by atoms with Crippen molar-refractivity contribution in [3.05, 3.63) is 68.0 Å². The molecule has 0 saturated heterocycles. The van der Waals surface area contributed by atoms with E-state index >= 15 is 0 Å². The van der Waals surface area contributed by atoms with E-state index in [1.54, 1.807) is 4.40 Å². The molecule has 0 radical (unpaired) electrons. The monoisotopic (exact) mass is 363 g/mol. The average Bonchev–Trinajstić information content (AvgIpc) is 3.06. The molecular weight excluding hydrogens is 346 g/mol. The molecule has 2 heterocycles. The van der Waals surface area contributed by atoms with Gasteiger partial charge in [0.05, 0.1) is 15.6 Å². The second-order valence-corrected chi connectivity index (χ2v) is 7.38. The summed E-state index contributed by atoms with van der Waals surface area (Å²) in [6.45, 7) is 5.55. The van der Waals surface area contributed by atoms with Gasteiger partial charge >= 0.3 is 0 Å². The van der Waals surface area contributed by atoms with Crippen LogP contribution < -0.4 is 15.4 Å². The van der Waals surface area contributed by atoms with Gasteiger partial charge in [-0.1, -0.05) is 23.5 Å². The highest BCUT2D eigenvalue weighted by Crippen LogP contribution is 2.20. The number of aryl methyl sites for hydroxylation is 2. The Bertz CT molecular complexity index is 1270. The Morgan fingerprint density at radius 1 is 1.15 bits per heavy atom. The number of aromatic nitrogens is 2. The van der Waals surface area contributed by atoms with Gasteiger partial charge in [-0.2, -0.15) is 0 Å². The van der Waals surface area contributed by atoms with Crippen molar-refractivity contribution >= 4 is 45.0 Å². The largest absolute Gasteiger partial charge is 0.326 e. The van der Waals surface area contributed by atoms with Crippen molar-refractivity contribution < 1.29 is 4.79 Å². The normalized spacial score (nSPS) is 12.2. The molecule has 0 spiro atoms. The highest BCUT2D eigenvalue weighted by atomic mass is 32.1. The Balaban J connectivity index is 1.83. The molecule has 6 heteroatoms. The van der Waals surface area contributed by atoms with Crippen LogP contribution in [0.4, 0.5) is 5.69 Å². The van der Waals surface area contributed by atoms with Gasteiger partial charge < -0.3 is 5.32 Å². The molecule has 0 unspecified atom stereocenters. The van der Waals surface area contributed by atoms with Crippen molar-refractivity contribution in [1.29, 1.82) is 0 Å². The van der Waals surface area contributed by atoms with Crippen LogP contribution in [0.25, 0.3) is 22.1 Å². The third-order valence-electron chi connectivity index (χ3n) is 4.38. The molecule has 1 amide bonds. The van der Waals surface area contributed by atoms with E-state index < -0.39 is 0 Å². The molecular formula is C20H17N3O2S. The first-order valence-corrected chi connectivity index (χ1v) is 9.05. The lowest BCUT2D eigenvalue weighted by Gasteiger charge is -2.01. The number of imidazole rings is 1. The minimum Gasteiger partial charge on any atom is -0.326 e. The van der Waals surface area contributed by atoms with E-state index in [9.17, 15) is 9.59 Å². The van der Waals surface area contributed by atoms with Gasteiger partial charge in [-0.25, -0.2) is 9.38 Å². The molecule has 0 bridgehead atoms. The zero-order valence-electron chi connectivity index (χ0n) is 14.7. The predicted octanol–water partition coefficient (Wildman–Crippen LogP) is 3.03. The maximum Gasteiger partial charge on any atom is 0.274 e. The zero-order valence-corrected chi connectivity index (χ0v) is 15.5. The van der Waals surface area contributed by atoms with Gasteiger partial charge in [0, 0.05) is 12.6 Å². The van der Waals surface area contributed by atoms with Gasteiger partial charge in [0.1, 0.15) is 0 Å². The van der Waals surface area contributed by atoms with Crippen LogP contribution in [0, 0.1) is 13.8 Å². The first kappa shape index (κ1) is 16.5. The highest BCUT2D eigenvalue weighted by molar-refractivity contribution is 7.15. The van der Waals surface area contributed by atoms with Crippen LogP contribution in [-0.2, 0) is 4.79 Å². The summed E-state index contributed by atoms with van der Waals surface area (Å²) in [4.78, 5) is 29.3. The second-order valence-electron chi connectivity index (χ2n) is 6.37. The smallest absolute Gasteiger partial charge is 0.274 e. The summed E-state index contributed by atoms with van der Waals surface area (Å²) < 4.78 is 2.32. The fraction of sp³-hybridized carbons (Fsp3) is 0.150. The Morgan fingerprint density at radius 3 is 2.54 bits per heavy atom. The van der Waals surface area contributed by atoms with E-state index in [1.807, 2.05) is 56.3 Å². The maximum atomic E-state index is 12.9. The molecule has 0 saturated carbocycles. The van der Waals surface area contributed by atoms with Gasteiger partial charge in [-0.15, -0.1) is 0 Å². The topological polar surface area (TPSA) is 63.5 Å². The van der Waals surface area contributed by atoms with Crippen molar-refractivity contribution in [3.63, 3.8) is 0 Å². The van der Waals surface area contributed by atoms with Crippen LogP contribution >= 0.6 is 11.3 Å². The molecule has 4 rings (SSSR count). The van der Waals surface area contributed by atoms with Crippen LogP contribution in [0.1, 0.15) is 23.6 Å². The summed E-state index contributed by atoms with van der Waals surface area (Å²) in [5.41, 5.74) is 5.59. The van der Waals surface area contributed by atoms with Crippen molar-refractivity contribution in [1.82, 2.24) is 9.38 Å². The number of fused-ring (bicyclic) bond motifs is 3. The summed E-state index contributed by atoms with van der Waals surface area (Å²) in [7, 11) is 0. The summed E-state index contributed by atoms with van der Waals surface area (Å²) in [6.07, 6.45) is 1.85. The van der Waals surface area contributed by atoms with Gasteiger partial charge in [0.15, 0.2) is 4.96 Å². The summed E-state index contributed by atoms with van der Waals surface area (Å²) >= 11 is 1.39. The molecule has 0 aliphatic rings. The number of benzene rings is 2. The second kappa shape index (κ2) is 6.07. The van der Waals surface area contributed by atoms with Crippen LogP contribution in [-0.4, -0.2) is 15.3 Å². The number of hydrogen-bond donors (Lipinski definition) is 1. The molecule has 26 heavy (non-hydrogen) atoms. The van der Waals surface area contributed by atoms with Gasteiger partial charge in [-0.3, -0.25) is 9.59 Å². The maximum absolute atomic E-state index is 12.9. The Hall–Kier alpha value is -2.99. The molecule has 0 fully saturated rings. The number of amides is 1. The number of nitrogens with one attached hydrogen (secondary N) is 1. The minimum absolute atomic E-state index is 0.0540. The van der Waals surface area contributed by atoms with Crippen LogP contribution in [0.5, 0.6) is 0 Å². The number of nitrogens with zero attached hydrogens (tertiary/aromatic N) is 2. The molecule has 4 aromatic rings. The fourth-order valence-electron chi connectivity index (χ4n) is 2.94. The van der Waals surface area contributed by atoms with Gasteiger partial charge in [-0.05, 0) is 60.9 Å². The van der Waals surface area contributed by atoms with Crippen LogP contribution in [0.15, 0.2) is 41.2 Å². The number of anilines is 1. The minimum atomic E-state index is -0.111. The van der Waals surface area contributed by atoms with Crippen molar-refractivity contribution in [2.24, 2.45) is 0 Å². The summed E-state index contributed by atoms with van der Waals surface area (Å²) in [5, 5.41) is 2.73. The molecule has 0 atom stereocenters. The summed E-state index contributed by atoms with van der Waals surface area (Å²) in [5.74, 6) is -0.111. The number of carbonyl (C=O) groups is 1. The molecule has 2 aromatic carbocycles. The van der Waals surface area contributed by atoms with Crippen LogP contribution in [0.3, 0.4) is 0 Å². The van der Waals surface area contributed by atoms with E-state index in [1.165, 1.54) is 23.8 Å². The van der Waals surface area contributed by atoms with E-state index in [2.05, 4.69) is 10.3 Å². The lowest BCUT2D eigenvalue weighted by atomic mass is 10.1. The van der Waals surface area contributed by atoms with E-state index in [-0.39, 0.29) is 11.5 Å². The standard InChI is InChI=1S/C20H17N3O2S/c1-11-8-16-17(9-12(11)2)23-19(25)18(26-20(23)22-16)10-14-4-6-15(7-5-14)21-13(3)24/h4-10H,1-3H3,(H,21,24). The number of carbonyl (C=O) groups excluding carboxylic acids is 1. The molecule has 5 nitrogen and oxygen atoms in total.